The van der Waals surface area contributed by atoms with Crippen molar-refractivity contribution in [1.29, 1.82) is 0 Å². The lowest BCUT2D eigenvalue weighted by Crippen LogP contribution is -2.56. The molecule has 174 valence electrons. The molecule has 33 heavy (non-hydrogen) atoms. The normalized spacial score (nSPS) is 24.6. The van der Waals surface area contributed by atoms with Crippen molar-refractivity contribution in [1.82, 2.24) is 20.8 Å². The smallest absolute Gasteiger partial charge is 0.246 e. The molecular formula is C25H29FN4O3. The fourth-order valence-electron chi connectivity index (χ4n) is 5.23. The lowest BCUT2D eigenvalue weighted by molar-refractivity contribution is -0.222. The molecule has 3 fully saturated rings. The zero-order valence-corrected chi connectivity index (χ0v) is 18.5. The molecule has 5 rings (SSSR count). The van der Waals surface area contributed by atoms with Crippen molar-refractivity contribution in [3.8, 4) is 0 Å². The van der Waals surface area contributed by atoms with Crippen LogP contribution in [0, 0.1) is 5.82 Å². The zero-order chi connectivity index (χ0) is 22.8. The van der Waals surface area contributed by atoms with Crippen LogP contribution in [0.3, 0.4) is 0 Å². The highest BCUT2D eigenvalue weighted by atomic mass is 19.1. The molecule has 2 aromatic rings. The summed E-state index contributed by atoms with van der Waals surface area (Å²) in [6.45, 7) is 1.49. The van der Waals surface area contributed by atoms with E-state index in [-0.39, 0.29) is 29.2 Å². The van der Waals surface area contributed by atoms with E-state index in [9.17, 15) is 14.0 Å². The van der Waals surface area contributed by atoms with Crippen LogP contribution in [-0.4, -0.2) is 46.4 Å². The van der Waals surface area contributed by atoms with Crippen LogP contribution in [0.15, 0.2) is 54.6 Å². The van der Waals surface area contributed by atoms with Gasteiger partial charge in [-0.3, -0.25) is 14.4 Å². The molecule has 8 heteroatoms. The third-order valence-corrected chi connectivity index (χ3v) is 7.15. The third kappa shape index (κ3) is 4.38. The Morgan fingerprint density at radius 2 is 1.76 bits per heavy atom. The van der Waals surface area contributed by atoms with Gasteiger partial charge in [0, 0.05) is 25.1 Å². The van der Waals surface area contributed by atoms with Gasteiger partial charge >= 0.3 is 0 Å². The first kappa shape index (κ1) is 22.0. The van der Waals surface area contributed by atoms with Crippen molar-refractivity contribution in [3.05, 3.63) is 71.5 Å². The number of carbonyl (C=O) groups is 2. The number of piperidine rings is 1. The van der Waals surface area contributed by atoms with E-state index in [4.69, 9.17) is 4.84 Å². The molecule has 2 atom stereocenters. The number of hydroxylamine groups is 2. The van der Waals surface area contributed by atoms with Gasteiger partial charge in [-0.25, -0.2) is 20.3 Å². The molecule has 2 amide bonds. The van der Waals surface area contributed by atoms with Gasteiger partial charge in [0.15, 0.2) is 0 Å². The fraction of sp³-hybridized carbons (Fsp3) is 0.440. The Labute approximate surface area is 192 Å². The maximum absolute atomic E-state index is 14.1. The molecule has 2 N–H and O–H groups in total. The molecule has 7 nitrogen and oxygen atoms in total. The lowest BCUT2D eigenvalue weighted by Gasteiger charge is -2.44. The van der Waals surface area contributed by atoms with E-state index in [1.165, 1.54) is 6.07 Å². The van der Waals surface area contributed by atoms with E-state index in [1.807, 2.05) is 35.2 Å². The van der Waals surface area contributed by atoms with Crippen molar-refractivity contribution < 1.29 is 18.8 Å². The fourth-order valence-corrected chi connectivity index (χ4v) is 5.23. The van der Waals surface area contributed by atoms with Crippen LogP contribution >= 0.6 is 0 Å². The number of benzene rings is 2. The van der Waals surface area contributed by atoms with Crippen LogP contribution in [0.4, 0.5) is 4.39 Å². The van der Waals surface area contributed by atoms with Gasteiger partial charge in [-0.1, -0.05) is 48.5 Å². The second kappa shape index (κ2) is 9.21. The average molecular weight is 453 g/mol. The molecule has 3 saturated heterocycles. The molecular weight excluding hydrogens is 423 g/mol. The first-order valence-electron chi connectivity index (χ1n) is 11.6. The Kier molecular flexibility index (Phi) is 6.14. The van der Waals surface area contributed by atoms with Crippen LogP contribution in [0.2, 0.25) is 0 Å². The minimum absolute atomic E-state index is 0.0114. The summed E-state index contributed by atoms with van der Waals surface area (Å²) in [5, 5.41) is 1.59. The van der Waals surface area contributed by atoms with E-state index in [0.29, 0.717) is 50.9 Å². The topological polar surface area (TPSA) is 73.9 Å². The van der Waals surface area contributed by atoms with E-state index >= 15 is 0 Å². The van der Waals surface area contributed by atoms with E-state index in [0.717, 1.165) is 12.0 Å². The Morgan fingerprint density at radius 1 is 1.03 bits per heavy atom. The summed E-state index contributed by atoms with van der Waals surface area (Å²) in [6, 6.07) is 15.8. The first-order chi connectivity index (χ1) is 16.1. The number of nitrogens with zero attached hydrogens (tertiary/aromatic N) is 2. The maximum Gasteiger partial charge on any atom is 0.246 e. The maximum atomic E-state index is 14.1. The number of likely N-dealkylation sites (tertiary alicyclic amines) is 1. The third-order valence-electron chi connectivity index (χ3n) is 7.15. The molecule has 3 heterocycles. The van der Waals surface area contributed by atoms with Gasteiger partial charge in [0.1, 0.15) is 18.5 Å². The summed E-state index contributed by atoms with van der Waals surface area (Å²) in [5.74, 6) is -0.247. The molecule has 1 spiro atoms. The summed E-state index contributed by atoms with van der Waals surface area (Å²) >= 11 is 0. The summed E-state index contributed by atoms with van der Waals surface area (Å²) < 4.78 is 14.1. The second-order valence-corrected chi connectivity index (χ2v) is 9.15. The Balaban J connectivity index is 1.18. The van der Waals surface area contributed by atoms with Crippen molar-refractivity contribution in [3.63, 3.8) is 0 Å². The van der Waals surface area contributed by atoms with E-state index in [2.05, 4.69) is 10.9 Å². The summed E-state index contributed by atoms with van der Waals surface area (Å²) in [5.41, 5.74) is 7.35. The molecule has 3 aliphatic rings. The summed E-state index contributed by atoms with van der Waals surface area (Å²) in [6.07, 6.45) is 3.10. The number of carbonyl (C=O) groups excluding carboxylic acids is 2. The standard InChI is InChI=1S/C25H29FN4O3/c26-20-9-5-4-8-19(20)21-16-22(28-27-21)24(32)29-14-12-25(13-15-29)11-10-23(31)30(25)33-17-18-6-2-1-3-7-18/h1-9,21-22,27-28H,10-17H2. The van der Waals surface area contributed by atoms with Crippen molar-refractivity contribution in [2.45, 2.75) is 56.3 Å². The van der Waals surface area contributed by atoms with E-state index in [1.54, 1.807) is 23.3 Å². The average Bonchev–Trinajstić information content (AvgIpc) is 3.44. The largest absolute Gasteiger partial charge is 0.341 e. The van der Waals surface area contributed by atoms with Gasteiger partial charge in [-0.15, -0.1) is 0 Å². The van der Waals surface area contributed by atoms with Gasteiger partial charge in [-0.2, -0.15) is 0 Å². The minimum Gasteiger partial charge on any atom is -0.341 e. The van der Waals surface area contributed by atoms with E-state index < -0.39 is 6.04 Å². The first-order valence-corrected chi connectivity index (χ1v) is 11.6. The van der Waals surface area contributed by atoms with Crippen molar-refractivity contribution in [2.24, 2.45) is 0 Å². The van der Waals surface area contributed by atoms with Crippen LogP contribution in [0.25, 0.3) is 0 Å². The van der Waals surface area contributed by atoms with Crippen LogP contribution in [-0.2, 0) is 21.0 Å². The van der Waals surface area contributed by atoms with Gasteiger partial charge in [0.05, 0.1) is 11.6 Å². The molecule has 2 aromatic carbocycles. The summed E-state index contributed by atoms with van der Waals surface area (Å²) in [7, 11) is 0. The highest BCUT2D eigenvalue weighted by Crippen LogP contribution is 2.40. The number of hydrazine groups is 1. The number of rotatable bonds is 5. The Bertz CT molecular complexity index is 1010. The van der Waals surface area contributed by atoms with Crippen LogP contribution in [0.5, 0.6) is 0 Å². The number of amides is 2. The molecule has 0 saturated carbocycles. The zero-order valence-electron chi connectivity index (χ0n) is 18.5. The molecule has 0 bridgehead atoms. The molecule has 0 radical (unpaired) electrons. The van der Waals surface area contributed by atoms with Crippen LogP contribution in [0.1, 0.15) is 49.3 Å². The van der Waals surface area contributed by atoms with Crippen molar-refractivity contribution in [2.75, 3.05) is 13.1 Å². The Hall–Kier alpha value is -2.81. The monoisotopic (exact) mass is 452 g/mol. The second-order valence-electron chi connectivity index (χ2n) is 9.15. The number of hydrogen-bond donors (Lipinski definition) is 2. The molecule has 2 unspecified atom stereocenters. The SMILES string of the molecule is O=C(C1CC(c2ccccc2F)NN1)N1CCC2(CCC(=O)N2OCc2ccccc2)CC1. The Morgan fingerprint density at radius 3 is 2.52 bits per heavy atom. The molecule has 0 aromatic heterocycles. The van der Waals surface area contributed by atoms with Gasteiger partial charge in [0.2, 0.25) is 11.8 Å². The van der Waals surface area contributed by atoms with Gasteiger partial charge in [-0.05, 0) is 37.3 Å². The number of halogens is 1. The van der Waals surface area contributed by atoms with Gasteiger partial charge < -0.3 is 4.90 Å². The molecule has 0 aliphatic carbocycles. The number of hydrogen-bond acceptors (Lipinski definition) is 5. The predicted molar refractivity (Wildman–Crippen MR) is 120 cm³/mol. The number of nitrogens with one attached hydrogen (secondary N) is 2. The quantitative estimate of drug-likeness (QED) is 0.730. The minimum atomic E-state index is -0.403. The predicted octanol–water partition coefficient (Wildman–Crippen LogP) is 2.85. The highest BCUT2D eigenvalue weighted by Gasteiger charge is 2.49. The molecule has 3 aliphatic heterocycles. The summed E-state index contributed by atoms with van der Waals surface area (Å²) in [4.78, 5) is 33.5. The highest BCUT2D eigenvalue weighted by molar-refractivity contribution is 5.83. The van der Waals surface area contributed by atoms with Gasteiger partial charge in [0.25, 0.3) is 0 Å². The van der Waals surface area contributed by atoms with Crippen molar-refractivity contribution >= 4 is 11.8 Å². The van der Waals surface area contributed by atoms with Crippen LogP contribution < -0.4 is 10.9 Å². The lowest BCUT2D eigenvalue weighted by atomic mass is 9.85.